The van der Waals surface area contributed by atoms with E-state index in [1.165, 1.54) is 26.4 Å². The van der Waals surface area contributed by atoms with Gasteiger partial charge >= 0.3 is 0 Å². The molecule has 0 aliphatic heterocycles. The number of hydrogen-bond donors (Lipinski definition) is 1. The van der Waals surface area contributed by atoms with Gasteiger partial charge in [-0.15, -0.1) is 0 Å². The SMILES string of the molecule is COc1cc(NCCOCC(F)F)c([N+](=O)[O-])cc1OC. The number of nitrogens with one attached hydrogen (secondary N) is 1. The Hall–Kier alpha value is -2.16. The lowest BCUT2D eigenvalue weighted by Crippen LogP contribution is -2.14. The van der Waals surface area contributed by atoms with Crippen molar-refractivity contribution in [1.29, 1.82) is 0 Å². The maximum absolute atomic E-state index is 11.9. The van der Waals surface area contributed by atoms with Crippen molar-refractivity contribution in [1.82, 2.24) is 0 Å². The van der Waals surface area contributed by atoms with Crippen molar-refractivity contribution in [2.24, 2.45) is 0 Å². The largest absolute Gasteiger partial charge is 0.493 e. The molecule has 7 nitrogen and oxygen atoms in total. The number of nitro benzene ring substituents is 1. The number of methoxy groups -OCH3 is 2. The van der Waals surface area contributed by atoms with Crippen molar-refractivity contribution < 1.29 is 27.9 Å². The Labute approximate surface area is 119 Å². The lowest BCUT2D eigenvalue weighted by Gasteiger charge is -2.12. The number of rotatable bonds is 9. The zero-order valence-corrected chi connectivity index (χ0v) is 11.6. The molecule has 0 radical (unpaired) electrons. The maximum atomic E-state index is 11.9. The van der Waals surface area contributed by atoms with Gasteiger partial charge in [0, 0.05) is 12.6 Å². The van der Waals surface area contributed by atoms with E-state index in [9.17, 15) is 18.9 Å². The molecule has 0 aliphatic carbocycles. The van der Waals surface area contributed by atoms with E-state index in [2.05, 4.69) is 10.1 Å². The summed E-state index contributed by atoms with van der Waals surface area (Å²) in [6.07, 6.45) is -2.54. The minimum atomic E-state index is -2.54. The highest BCUT2D eigenvalue weighted by Crippen LogP contribution is 2.37. The molecule has 0 atom stereocenters. The topological polar surface area (TPSA) is 82.9 Å². The average Bonchev–Trinajstić information content (AvgIpc) is 2.45. The fourth-order valence-corrected chi connectivity index (χ4v) is 1.59. The Morgan fingerprint density at radius 1 is 1.29 bits per heavy atom. The molecule has 0 heterocycles. The summed E-state index contributed by atoms with van der Waals surface area (Å²) in [6.45, 7) is -0.533. The van der Waals surface area contributed by atoms with Crippen LogP contribution in [0, 0.1) is 10.1 Å². The molecule has 1 N–H and O–H groups in total. The molecule has 0 fully saturated rings. The molecule has 0 amide bonds. The second-order valence-corrected chi connectivity index (χ2v) is 3.87. The van der Waals surface area contributed by atoms with Gasteiger partial charge in [-0.2, -0.15) is 0 Å². The van der Waals surface area contributed by atoms with Gasteiger partial charge in [-0.05, 0) is 0 Å². The summed E-state index contributed by atoms with van der Waals surface area (Å²) >= 11 is 0. The van der Waals surface area contributed by atoms with Crippen molar-refractivity contribution in [2.45, 2.75) is 6.43 Å². The van der Waals surface area contributed by atoms with E-state index in [0.29, 0.717) is 5.75 Å². The second-order valence-electron chi connectivity index (χ2n) is 3.87. The predicted octanol–water partition coefficient (Wildman–Crippen LogP) is 2.31. The van der Waals surface area contributed by atoms with Crippen LogP contribution in [0.5, 0.6) is 11.5 Å². The Kier molecular flexibility index (Phi) is 6.60. The normalized spacial score (nSPS) is 10.5. The Bertz CT molecular complexity index is 485. The predicted molar refractivity (Wildman–Crippen MR) is 71.5 cm³/mol. The van der Waals surface area contributed by atoms with Gasteiger partial charge in [0.15, 0.2) is 11.5 Å². The van der Waals surface area contributed by atoms with Crippen LogP contribution in [0.4, 0.5) is 20.2 Å². The number of nitro groups is 1. The van der Waals surface area contributed by atoms with Crippen LogP contribution in [-0.4, -0.2) is 45.3 Å². The first kappa shape index (κ1) is 16.9. The molecule has 0 saturated heterocycles. The van der Waals surface area contributed by atoms with E-state index in [-0.39, 0.29) is 30.3 Å². The molecule has 0 unspecified atom stereocenters. The van der Waals surface area contributed by atoms with Gasteiger partial charge in [0.1, 0.15) is 12.3 Å². The van der Waals surface area contributed by atoms with Crippen molar-refractivity contribution >= 4 is 11.4 Å². The van der Waals surface area contributed by atoms with E-state index in [0.717, 1.165) is 0 Å². The van der Waals surface area contributed by atoms with E-state index < -0.39 is 18.0 Å². The molecule has 1 aromatic rings. The van der Waals surface area contributed by atoms with E-state index in [4.69, 9.17) is 9.47 Å². The van der Waals surface area contributed by atoms with E-state index in [1.54, 1.807) is 0 Å². The van der Waals surface area contributed by atoms with Crippen LogP contribution in [0.15, 0.2) is 12.1 Å². The summed E-state index contributed by atoms with van der Waals surface area (Å²) in [5, 5.41) is 13.8. The van der Waals surface area contributed by atoms with Gasteiger partial charge in [0.25, 0.3) is 12.1 Å². The fourth-order valence-electron chi connectivity index (χ4n) is 1.59. The first-order valence-electron chi connectivity index (χ1n) is 5.99. The Morgan fingerprint density at radius 3 is 2.43 bits per heavy atom. The van der Waals surface area contributed by atoms with E-state index in [1.807, 2.05) is 0 Å². The van der Waals surface area contributed by atoms with Crippen LogP contribution >= 0.6 is 0 Å². The number of anilines is 1. The average molecular weight is 306 g/mol. The third-order valence-corrected chi connectivity index (χ3v) is 2.50. The van der Waals surface area contributed by atoms with Gasteiger partial charge in [-0.1, -0.05) is 0 Å². The van der Waals surface area contributed by atoms with Crippen molar-refractivity contribution in [3.05, 3.63) is 22.2 Å². The van der Waals surface area contributed by atoms with Crippen molar-refractivity contribution in [3.63, 3.8) is 0 Å². The van der Waals surface area contributed by atoms with Crippen LogP contribution in [0.3, 0.4) is 0 Å². The third kappa shape index (κ3) is 5.03. The molecule has 0 aliphatic rings. The quantitative estimate of drug-likeness (QED) is 0.428. The number of benzene rings is 1. The fraction of sp³-hybridized carbons (Fsp3) is 0.500. The number of nitrogens with zero attached hydrogens (tertiary/aromatic N) is 1. The number of alkyl halides is 2. The minimum absolute atomic E-state index is 0.00413. The van der Waals surface area contributed by atoms with Crippen molar-refractivity contribution in [2.75, 3.05) is 39.3 Å². The van der Waals surface area contributed by atoms with Crippen LogP contribution in [-0.2, 0) is 4.74 Å². The molecular formula is C12H16F2N2O5. The molecule has 9 heteroatoms. The first-order chi connectivity index (χ1) is 9.99. The first-order valence-corrected chi connectivity index (χ1v) is 5.99. The number of hydrogen-bond acceptors (Lipinski definition) is 6. The standard InChI is InChI=1S/C12H16F2N2O5/c1-19-10-5-8(15-3-4-21-7-12(13)14)9(16(17)18)6-11(10)20-2/h5-6,12,15H,3-4,7H2,1-2H3. The molecule has 0 spiro atoms. The summed E-state index contributed by atoms with van der Waals surface area (Å²) in [5.74, 6) is 0.544. The lowest BCUT2D eigenvalue weighted by atomic mass is 10.2. The molecule has 1 aromatic carbocycles. The van der Waals surface area contributed by atoms with Crippen molar-refractivity contribution in [3.8, 4) is 11.5 Å². The van der Waals surface area contributed by atoms with Gasteiger partial charge < -0.3 is 19.5 Å². The highest BCUT2D eigenvalue weighted by atomic mass is 19.3. The molecule has 1 rings (SSSR count). The zero-order valence-electron chi connectivity index (χ0n) is 11.6. The molecular weight excluding hydrogens is 290 g/mol. The zero-order chi connectivity index (χ0) is 15.8. The summed E-state index contributed by atoms with van der Waals surface area (Å²) in [4.78, 5) is 10.4. The number of halogens is 2. The number of ether oxygens (including phenoxy) is 3. The Balaban J connectivity index is 2.77. The summed E-state index contributed by atoms with van der Waals surface area (Å²) in [6, 6.07) is 2.63. The molecule has 0 bridgehead atoms. The third-order valence-electron chi connectivity index (χ3n) is 2.50. The monoisotopic (exact) mass is 306 g/mol. The highest BCUT2D eigenvalue weighted by Gasteiger charge is 2.19. The molecule has 0 aromatic heterocycles. The molecule has 0 saturated carbocycles. The van der Waals surface area contributed by atoms with Gasteiger partial charge in [0.05, 0.1) is 31.8 Å². The van der Waals surface area contributed by atoms with E-state index >= 15 is 0 Å². The maximum Gasteiger partial charge on any atom is 0.296 e. The Morgan fingerprint density at radius 2 is 1.90 bits per heavy atom. The van der Waals surface area contributed by atoms with Gasteiger partial charge in [-0.3, -0.25) is 10.1 Å². The van der Waals surface area contributed by atoms with Crippen LogP contribution in [0.2, 0.25) is 0 Å². The van der Waals surface area contributed by atoms with Crippen LogP contribution in [0.25, 0.3) is 0 Å². The lowest BCUT2D eigenvalue weighted by molar-refractivity contribution is -0.384. The summed E-state index contributed by atoms with van der Waals surface area (Å²) in [5.41, 5.74) is -0.0141. The molecule has 21 heavy (non-hydrogen) atoms. The minimum Gasteiger partial charge on any atom is -0.493 e. The van der Waals surface area contributed by atoms with Crippen LogP contribution in [0.1, 0.15) is 0 Å². The summed E-state index contributed by atoms with van der Waals surface area (Å²) < 4.78 is 38.5. The summed E-state index contributed by atoms with van der Waals surface area (Å²) in [7, 11) is 2.77. The highest BCUT2D eigenvalue weighted by molar-refractivity contribution is 5.68. The second kappa shape index (κ2) is 8.20. The van der Waals surface area contributed by atoms with Crippen LogP contribution < -0.4 is 14.8 Å². The van der Waals surface area contributed by atoms with Gasteiger partial charge in [-0.25, -0.2) is 8.78 Å². The van der Waals surface area contributed by atoms with Gasteiger partial charge in [0.2, 0.25) is 0 Å². The smallest absolute Gasteiger partial charge is 0.296 e. The molecule has 118 valence electrons.